The predicted octanol–water partition coefficient (Wildman–Crippen LogP) is 3.71. The molecule has 0 spiro atoms. The molecule has 13 heavy (non-hydrogen) atoms. The molecule has 0 radical (unpaired) electrons. The first-order valence-electron chi connectivity index (χ1n) is 3.63. The first-order valence-corrected chi connectivity index (χ1v) is 5.50. The van der Waals surface area contributed by atoms with Gasteiger partial charge in [-0.25, -0.2) is 0 Å². The Labute approximate surface area is 97.6 Å². The Balaban J connectivity index is 2.57. The first-order chi connectivity index (χ1) is 6.27. The van der Waals surface area contributed by atoms with Crippen molar-refractivity contribution < 1.29 is 4.52 Å². The van der Waals surface area contributed by atoms with Gasteiger partial charge in [0.15, 0.2) is 0 Å². The fraction of sp³-hybridized carbons (Fsp3) is 0. The van der Waals surface area contributed by atoms with Gasteiger partial charge in [-0.15, -0.1) is 0 Å². The van der Waals surface area contributed by atoms with Crippen LogP contribution in [0.25, 0.3) is 11.3 Å². The molecule has 0 atom stereocenters. The number of nitrogens with zero attached hydrogens (tertiary/aromatic N) is 1. The molecule has 0 amide bonds. The molecule has 0 saturated heterocycles. The van der Waals surface area contributed by atoms with Gasteiger partial charge in [-0.1, -0.05) is 21.1 Å². The van der Waals surface area contributed by atoms with Crippen molar-refractivity contribution in [3.05, 3.63) is 38.6 Å². The van der Waals surface area contributed by atoms with Crippen molar-refractivity contribution in [1.29, 1.82) is 0 Å². The smallest absolute Gasteiger partial charge is 0.124 e. The van der Waals surface area contributed by atoms with Gasteiger partial charge in [0.05, 0.1) is 0 Å². The van der Waals surface area contributed by atoms with Gasteiger partial charge in [-0.3, -0.25) is 0 Å². The molecule has 0 bridgehead atoms. The fourth-order valence-corrected chi connectivity index (χ4v) is 2.02. The maximum atomic E-state index is 4.80. The van der Waals surface area contributed by atoms with E-state index in [-0.39, 0.29) is 0 Å². The van der Waals surface area contributed by atoms with Crippen molar-refractivity contribution in [2.45, 2.75) is 0 Å². The highest BCUT2D eigenvalue weighted by atomic mass is 127. The molecule has 0 saturated carbocycles. The molecule has 66 valence electrons. The third-order valence-electron chi connectivity index (χ3n) is 1.64. The van der Waals surface area contributed by atoms with Crippen molar-refractivity contribution in [2.24, 2.45) is 0 Å². The maximum absolute atomic E-state index is 4.80. The highest BCUT2D eigenvalue weighted by Gasteiger charge is 2.05. The van der Waals surface area contributed by atoms with Gasteiger partial charge in [-0.05, 0) is 40.8 Å². The molecule has 1 aromatic heterocycles. The summed E-state index contributed by atoms with van der Waals surface area (Å²) < 4.78 is 7.00. The van der Waals surface area contributed by atoms with E-state index < -0.39 is 0 Å². The average molecular weight is 350 g/mol. The number of aromatic nitrogens is 1. The molecular formula is C9H5BrINO. The van der Waals surface area contributed by atoms with Crippen LogP contribution in [0.3, 0.4) is 0 Å². The van der Waals surface area contributed by atoms with E-state index in [0.29, 0.717) is 0 Å². The van der Waals surface area contributed by atoms with Gasteiger partial charge in [-0.2, -0.15) is 0 Å². The average Bonchev–Trinajstić information content (AvgIpc) is 2.61. The Hall–Kier alpha value is -0.360. The first kappa shape index (κ1) is 9.21. The second-order valence-corrected chi connectivity index (χ2v) is 4.59. The minimum Gasteiger partial charge on any atom is -0.364 e. The molecule has 1 aromatic carbocycles. The van der Waals surface area contributed by atoms with E-state index in [0.717, 1.165) is 19.3 Å². The lowest BCUT2D eigenvalue weighted by Crippen LogP contribution is -1.82. The minimum absolute atomic E-state index is 0.866. The molecule has 0 fully saturated rings. The third kappa shape index (κ3) is 1.94. The Morgan fingerprint density at radius 3 is 2.85 bits per heavy atom. The molecule has 1 heterocycles. The van der Waals surface area contributed by atoms with Crippen molar-refractivity contribution in [3.8, 4) is 11.3 Å². The van der Waals surface area contributed by atoms with Gasteiger partial charge in [0.25, 0.3) is 0 Å². The minimum atomic E-state index is 0.866. The molecule has 0 aliphatic carbocycles. The quantitative estimate of drug-likeness (QED) is 0.733. The molecule has 2 aromatic rings. The second-order valence-electron chi connectivity index (χ2n) is 2.51. The summed E-state index contributed by atoms with van der Waals surface area (Å²) in [4.78, 5) is 0. The van der Waals surface area contributed by atoms with E-state index in [1.165, 1.54) is 0 Å². The van der Waals surface area contributed by atoms with Gasteiger partial charge in [0.2, 0.25) is 0 Å². The third-order valence-corrected chi connectivity index (χ3v) is 3.08. The fourth-order valence-electron chi connectivity index (χ4n) is 1.05. The van der Waals surface area contributed by atoms with Crippen molar-refractivity contribution in [2.75, 3.05) is 0 Å². The molecule has 0 aliphatic rings. The summed E-state index contributed by atoms with van der Waals surface area (Å²) in [6, 6.07) is 7.92. The highest BCUT2D eigenvalue weighted by Crippen LogP contribution is 2.26. The summed E-state index contributed by atoms with van der Waals surface area (Å²) >= 11 is 5.70. The lowest BCUT2D eigenvalue weighted by atomic mass is 10.2. The zero-order valence-electron chi connectivity index (χ0n) is 6.50. The Morgan fingerprint density at radius 1 is 1.31 bits per heavy atom. The van der Waals surface area contributed by atoms with Crippen LogP contribution in [0.4, 0.5) is 0 Å². The molecule has 4 heteroatoms. The lowest BCUT2D eigenvalue weighted by molar-refractivity contribution is 0.422. The highest BCUT2D eigenvalue weighted by molar-refractivity contribution is 14.1. The Kier molecular flexibility index (Phi) is 2.69. The Morgan fingerprint density at radius 2 is 2.15 bits per heavy atom. The molecule has 2 nitrogen and oxygen atoms in total. The van der Waals surface area contributed by atoms with E-state index in [1.54, 1.807) is 6.26 Å². The number of hydrogen-bond donors (Lipinski definition) is 0. The number of halogens is 2. The summed E-state index contributed by atoms with van der Waals surface area (Å²) in [5.74, 6) is 0. The topological polar surface area (TPSA) is 26.0 Å². The van der Waals surface area contributed by atoms with Gasteiger partial charge in [0.1, 0.15) is 12.0 Å². The van der Waals surface area contributed by atoms with Gasteiger partial charge in [0, 0.05) is 19.7 Å². The number of rotatable bonds is 1. The van der Waals surface area contributed by atoms with Crippen LogP contribution in [-0.2, 0) is 0 Å². The van der Waals surface area contributed by atoms with Gasteiger partial charge >= 0.3 is 0 Å². The van der Waals surface area contributed by atoms with Crippen molar-refractivity contribution >= 4 is 38.5 Å². The maximum Gasteiger partial charge on any atom is 0.124 e. The molecule has 0 aliphatic heterocycles. The summed E-state index contributed by atoms with van der Waals surface area (Å²) in [6.07, 6.45) is 1.58. The van der Waals surface area contributed by atoms with Crippen LogP contribution in [0.1, 0.15) is 0 Å². The normalized spacial score (nSPS) is 10.3. The van der Waals surface area contributed by atoms with Gasteiger partial charge < -0.3 is 4.52 Å². The van der Waals surface area contributed by atoms with E-state index in [4.69, 9.17) is 4.52 Å². The summed E-state index contributed by atoms with van der Waals surface area (Å²) in [6.45, 7) is 0. The molecule has 0 N–H and O–H groups in total. The predicted molar refractivity (Wildman–Crippen MR) is 62.4 cm³/mol. The van der Waals surface area contributed by atoms with Crippen LogP contribution in [-0.4, -0.2) is 5.16 Å². The monoisotopic (exact) mass is 349 g/mol. The second kappa shape index (κ2) is 3.79. The standard InChI is InChI=1S/C9H5BrINO/c10-6-1-2-8(11)7(5-6)9-3-4-13-12-9/h1-5H. The lowest BCUT2D eigenvalue weighted by Gasteiger charge is -1.99. The van der Waals surface area contributed by atoms with E-state index in [2.05, 4.69) is 43.7 Å². The van der Waals surface area contributed by atoms with Crippen LogP contribution in [0.5, 0.6) is 0 Å². The zero-order valence-corrected chi connectivity index (χ0v) is 10.2. The van der Waals surface area contributed by atoms with E-state index >= 15 is 0 Å². The summed E-state index contributed by atoms with van der Waals surface area (Å²) in [5.41, 5.74) is 1.95. The van der Waals surface area contributed by atoms with Crippen LogP contribution in [0.15, 0.2) is 39.5 Å². The van der Waals surface area contributed by atoms with Crippen LogP contribution < -0.4 is 0 Å². The number of benzene rings is 1. The van der Waals surface area contributed by atoms with Crippen molar-refractivity contribution in [1.82, 2.24) is 5.16 Å². The van der Waals surface area contributed by atoms with E-state index in [9.17, 15) is 0 Å². The van der Waals surface area contributed by atoms with Crippen molar-refractivity contribution in [3.63, 3.8) is 0 Å². The summed E-state index contributed by atoms with van der Waals surface area (Å²) in [7, 11) is 0. The largest absolute Gasteiger partial charge is 0.364 e. The van der Waals surface area contributed by atoms with Crippen LogP contribution >= 0.6 is 38.5 Å². The molecule has 2 rings (SSSR count). The Bertz CT molecular complexity index is 414. The number of hydrogen-bond acceptors (Lipinski definition) is 2. The van der Waals surface area contributed by atoms with E-state index in [1.807, 2.05) is 24.3 Å². The van der Waals surface area contributed by atoms with Crippen LogP contribution in [0.2, 0.25) is 0 Å². The SMILES string of the molecule is Brc1ccc(I)c(-c2ccon2)c1. The summed E-state index contributed by atoms with van der Waals surface area (Å²) in [5, 5.41) is 3.89. The van der Waals surface area contributed by atoms with Crippen LogP contribution in [0, 0.1) is 3.57 Å². The molecular weight excluding hydrogens is 345 g/mol. The molecule has 0 unspecified atom stereocenters. The zero-order chi connectivity index (χ0) is 9.26.